The number of likely N-dealkylation sites (tertiary alicyclic amines) is 1. The molecule has 1 aliphatic carbocycles. The SMILES string of the molecule is CCCC1C(c2ccccc2)C(=O)C2CN(Cc3ccccc3)CC21. The van der Waals surface area contributed by atoms with Gasteiger partial charge in [0.05, 0.1) is 0 Å². The summed E-state index contributed by atoms with van der Waals surface area (Å²) in [6.45, 7) is 5.22. The smallest absolute Gasteiger partial charge is 0.145 e. The molecule has 2 heteroatoms. The van der Waals surface area contributed by atoms with Gasteiger partial charge in [-0.2, -0.15) is 0 Å². The summed E-state index contributed by atoms with van der Waals surface area (Å²) in [6, 6.07) is 21.1. The highest BCUT2D eigenvalue weighted by atomic mass is 16.1. The second-order valence-electron chi connectivity index (χ2n) is 7.69. The normalized spacial score (nSPS) is 29.1. The quantitative estimate of drug-likeness (QED) is 0.802. The zero-order valence-electron chi connectivity index (χ0n) is 15.0. The first-order valence-corrected chi connectivity index (χ1v) is 9.63. The van der Waals surface area contributed by atoms with Gasteiger partial charge in [0.1, 0.15) is 5.78 Å². The van der Waals surface area contributed by atoms with E-state index in [0.717, 1.165) is 32.5 Å². The maximum atomic E-state index is 13.2. The van der Waals surface area contributed by atoms with Crippen LogP contribution in [0.2, 0.25) is 0 Å². The topological polar surface area (TPSA) is 20.3 Å². The lowest BCUT2D eigenvalue weighted by Gasteiger charge is -2.25. The van der Waals surface area contributed by atoms with Gasteiger partial charge in [0.25, 0.3) is 0 Å². The van der Waals surface area contributed by atoms with Gasteiger partial charge >= 0.3 is 0 Å². The molecule has 25 heavy (non-hydrogen) atoms. The van der Waals surface area contributed by atoms with E-state index < -0.39 is 0 Å². The van der Waals surface area contributed by atoms with Gasteiger partial charge < -0.3 is 0 Å². The van der Waals surface area contributed by atoms with Crippen LogP contribution in [0.25, 0.3) is 0 Å². The van der Waals surface area contributed by atoms with E-state index in [0.29, 0.717) is 17.6 Å². The molecular weight excluding hydrogens is 306 g/mol. The summed E-state index contributed by atoms with van der Waals surface area (Å²) in [6.07, 6.45) is 2.31. The minimum Gasteiger partial charge on any atom is -0.299 e. The van der Waals surface area contributed by atoms with Crippen LogP contribution in [0.3, 0.4) is 0 Å². The highest BCUT2D eigenvalue weighted by Gasteiger charge is 2.53. The summed E-state index contributed by atoms with van der Waals surface area (Å²) < 4.78 is 0. The molecule has 2 nitrogen and oxygen atoms in total. The Morgan fingerprint density at radius 2 is 1.64 bits per heavy atom. The summed E-state index contributed by atoms with van der Waals surface area (Å²) in [5.41, 5.74) is 2.58. The molecule has 0 N–H and O–H groups in total. The van der Waals surface area contributed by atoms with Gasteiger partial charge in [0, 0.05) is 31.5 Å². The van der Waals surface area contributed by atoms with Crippen molar-refractivity contribution in [1.82, 2.24) is 4.90 Å². The number of nitrogens with zero attached hydrogens (tertiary/aromatic N) is 1. The molecule has 2 aromatic carbocycles. The predicted octanol–water partition coefficient (Wildman–Crippen LogP) is 4.52. The van der Waals surface area contributed by atoms with E-state index in [-0.39, 0.29) is 11.8 Å². The van der Waals surface area contributed by atoms with Crippen molar-refractivity contribution in [3.8, 4) is 0 Å². The number of benzene rings is 2. The monoisotopic (exact) mass is 333 g/mol. The number of hydrogen-bond donors (Lipinski definition) is 0. The van der Waals surface area contributed by atoms with Gasteiger partial charge in [-0.3, -0.25) is 9.69 Å². The van der Waals surface area contributed by atoms with Crippen molar-refractivity contribution < 1.29 is 4.79 Å². The van der Waals surface area contributed by atoms with Crippen LogP contribution in [0.1, 0.15) is 36.8 Å². The van der Waals surface area contributed by atoms with Gasteiger partial charge in [0.15, 0.2) is 0 Å². The van der Waals surface area contributed by atoms with Crippen molar-refractivity contribution in [2.24, 2.45) is 17.8 Å². The number of ketones is 1. The number of carbonyl (C=O) groups is 1. The Hall–Kier alpha value is -1.93. The molecule has 0 amide bonds. The van der Waals surface area contributed by atoms with Crippen LogP contribution in [-0.4, -0.2) is 23.8 Å². The van der Waals surface area contributed by atoms with E-state index in [2.05, 4.69) is 66.4 Å². The molecule has 2 aliphatic rings. The van der Waals surface area contributed by atoms with Gasteiger partial charge in [-0.15, -0.1) is 0 Å². The molecule has 0 radical (unpaired) electrons. The zero-order valence-corrected chi connectivity index (χ0v) is 15.0. The second-order valence-corrected chi connectivity index (χ2v) is 7.69. The fourth-order valence-electron chi connectivity index (χ4n) is 5.09. The summed E-state index contributed by atoms with van der Waals surface area (Å²) in [5, 5.41) is 0. The van der Waals surface area contributed by atoms with Gasteiger partial charge in [0.2, 0.25) is 0 Å². The van der Waals surface area contributed by atoms with E-state index >= 15 is 0 Å². The van der Waals surface area contributed by atoms with Gasteiger partial charge in [-0.1, -0.05) is 74.0 Å². The Balaban J connectivity index is 1.54. The average Bonchev–Trinajstić information content (AvgIpc) is 3.16. The van der Waals surface area contributed by atoms with E-state index in [1.54, 1.807) is 0 Å². The number of hydrogen-bond acceptors (Lipinski definition) is 2. The summed E-state index contributed by atoms with van der Waals surface area (Å²) >= 11 is 0. The maximum Gasteiger partial charge on any atom is 0.145 e. The van der Waals surface area contributed by atoms with Crippen molar-refractivity contribution in [3.05, 3.63) is 71.8 Å². The zero-order chi connectivity index (χ0) is 17.2. The molecule has 4 unspecified atom stereocenters. The molecule has 2 fully saturated rings. The average molecular weight is 333 g/mol. The predicted molar refractivity (Wildman–Crippen MR) is 101 cm³/mol. The lowest BCUT2D eigenvalue weighted by atomic mass is 9.81. The molecule has 0 bridgehead atoms. The summed E-state index contributed by atoms with van der Waals surface area (Å²) in [7, 11) is 0. The van der Waals surface area contributed by atoms with Crippen molar-refractivity contribution in [1.29, 1.82) is 0 Å². The fraction of sp³-hybridized carbons (Fsp3) is 0.435. The largest absolute Gasteiger partial charge is 0.299 e. The van der Waals surface area contributed by atoms with Crippen molar-refractivity contribution in [2.45, 2.75) is 32.2 Å². The minimum atomic E-state index is 0.120. The van der Waals surface area contributed by atoms with E-state index in [1.165, 1.54) is 11.1 Å². The Morgan fingerprint density at radius 1 is 0.960 bits per heavy atom. The molecule has 1 aliphatic heterocycles. The first kappa shape index (κ1) is 16.5. The van der Waals surface area contributed by atoms with Crippen LogP contribution in [0.15, 0.2) is 60.7 Å². The maximum absolute atomic E-state index is 13.2. The first-order chi connectivity index (χ1) is 12.3. The third-order valence-corrected chi connectivity index (χ3v) is 6.12. The molecular formula is C23H27NO. The molecule has 0 spiro atoms. The van der Waals surface area contributed by atoms with Crippen LogP contribution >= 0.6 is 0 Å². The molecule has 1 saturated carbocycles. The number of fused-ring (bicyclic) bond motifs is 1. The first-order valence-electron chi connectivity index (χ1n) is 9.63. The molecule has 1 heterocycles. The van der Waals surface area contributed by atoms with Crippen molar-refractivity contribution >= 4 is 5.78 Å². The molecule has 130 valence electrons. The third kappa shape index (κ3) is 3.16. The number of Topliss-reactive ketones (excluding diaryl/α,β-unsaturated/α-hetero) is 1. The number of carbonyl (C=O) groups excluding carboxylic acids is 1. The standard InChI is InChI=1S/C23H27NO/c1-2-9-19-20-15-24(14-17-10-5-3-6-11-17)16-21(20)23(25)22(19)18-12-7-4-8-13-18/h3-8,10-13,19-22H,2,9,14-16H2,1H3. The van der Waals surface area contributed by atoms with E-state index in [4.69, 9.17) is 0 Å². The van der Waals surface area contributed by atoms with Crippen LogP contribution < -0.4 is 0 Å². The molecule has 2 aromatic rings. The lowest BCUT2D eigenvalue weighted by molar-refractivity contribution is -0.122. The summed E-state index contributed by atoms with van der Waals surface area (Å²) in [5.74, 6) is 1.87. The Kier molecular flexibility index (Phi) is 4.72. The van der Waals surface area contributed by atoms with Crippen molar-refractivity contribution in [2.75, 3.05) is 13.1 Å². The van der Waals surface area contributed by atoms with E-state index in [9.17, 15) is 4.79 Å². The van der Waals surface area contributed by atoms with Crippen LogP contribution in [-0.2, 0) is 11.3 Å². The second kappa shape index (κ2) is 7.13. The number of rotatable bonds is 5. The summed E-state index contributed by atoms with van der Waals surface area (Å²) in [4.78, 5) is 15.7. The molecule has 4 rings (SSSR count). The van der Waals surface area contributed by atoms with E-state index in [1.807, 2.05) is 6.07 Å². The Labute approximate surface area is 150 Å². The van der Waals surface area contributed by atoms with Crippen LogP contribution in [0.4, 0.5) is 0 Å². The van der Waals surface area contributed by atoms with Gasteiger partial charge in [-0.25, -0.2) is 0 Å². The molecule has 0 aromatic heterocycles. The van der Waals surface area contributed by atoms with Crippen molar-refractivity contribution in [3.63, 3.8) is 0 Å². The van der Waals surface area contributed by atoms with Crippen LogP contribution in [0.5, 0.6) is 0 Å². The minimum absolute atomic E-state index is 0.120. The highest BCUT2D eigenvalue weighted by molar-refractivity contribution is 5.91. The van der Waals surface area contributed by atoms with Crippen LogP contribution in [0, 0.1) is 17.8 Å². The third-order valence-electron chi connectivity index (χ3n) is 6.12. The molecule has 1 saturated heterocycles. The Bertz CT molecular complexity index is 711. The van der Waals surface area contributed by atoms with Gasteiger partial charge in [-0.05, 0) is 29.4 Å². The molecule has 4 atom stereocenters. The fourth-order valence-corrected chi connectivity index (χ4v) is 5.09. The Morgan fingerprint density at radius 3 is 2.32 bits per heavy atom. The highest BCUT2D eigenvalue weighted by Crippen LogP contribution is 2.50. The lowest BCUT2D eigenvalue weighted by Crippen LogP contribution is -2.27.